The van der Waals surface area contributed by atoms with Gasteiger partial charge in [0.1, 0.15) is 5.75 Å². The maximum absolute atomic E-state index is 5.98. The van der Waals surface area contributed by atoms with Gasteiger partial charge in [-0.15, -0.1) is 0 Å². The van der Waals surface area contributed by atoms with Crippen LogP contribution in [0, 0.1) is 5.92 Å². The van der Waals surface area contributed by atoms with Crippen LogP contribution in [0.1, 0.15) is 38.3 Å². The maximum atomic E-state index is 5.98. The van der Waals surface area contributed by atoms with E-state index < -0.39 is 0 Å². The Hall–Kier alpha value is -0.580. The van der Waals surface area contributed by atoms with Crippen molar-refractivity contribution in [1.29, 1.82) is 0 Å². The minimum atomic E-state index is 0.180. The summed E-state index contributed by atoms with van der Waals surface area (Å²) in [5.41, 5.74) is 1.18. The Morgan fingerprint density at radius 3 is 2.90 bits per heavy atom. The number of halogens is 1. The average molecular weight is 342 g/mol. The van der Waals surface area contributed by atoms with E-state index in [4.69, 9.17) is 9.47 Å². The van der Waals surface area contributed by atoms with Gasteiger partial charge in [-0.2, -0.15) is 0 Å². The summed E-state index contributed by atoms with van der Waals surface area (Å²) in [5, 5.41) is 3.63. The summed E-state index contributed by atoms with van der Waals surface area (Å²) in [7, 11) is 1.72. The van der Waals surface area contributed by atoms with Gasteiger partial charge in [0.2, 0.25) is 0 Å². The third-order valence-corrected chi connectivity index (χ3v) is 4.41. The van der Waals surface area contributed by atoms with E-state index in [0.717, 1.165) is 36.2 Å². The van der Waals surface area contributed by atoms with Gasteiger partial charge in [0.05, 0.1) is 19.3 Å². The lowest BCUT2D eigenvalue weighted by molar-refractivity contribution is 0.0599. The third kappa shape index (κ3) is 3.54. The molecule has 2 rings (SSSR count). The van der Waals surface area contributed by atoms with Gasteiger partial charge in [0.25, 0.3) is 0 Å². The molecule has 1 heterocycles. The van der Waals surface area contributed by atoms with Gasteiger partial charge in [-0.05, 0) is 43.5 Å². The molecule has 1 saturated heterocycles. The minimum absolute atomic E-state index is 0.180. The Labute approximate surface area is 130 Å². The zero-order valence-electron chi connectivity index (χ0n) is 12.5. The monoisotopic (exact) mass is 341 g/mol. The lowest BCUT2D eigenvalue weighted by Crippen LogP contribution is -2.35. The second kappa shape index (κ2) is 7.43. The van der Waals surface area contributed by atoms with Crippen molar-refractivity contribution in [3.05, 3.63) is 28.2 Å². The van der Waals surface area contributed by atoms with Crippen LogP contribution in [-0.2, 0) is 4.74 Å². The van der Waals surface area contributed by atoms with Crippen molar-refractivity contribution in [2.24, 2.45) is 5.92 Å². The normalized spacial score (nSPS) is 23.8. The van der Waals surface area contributed by atoms with Gasteiger partial charge < -0.3 is 14.8 Å². The highest BCUT2D eigenvalue weighted by Crippen LogP contribution is 2.36. The molecule has 1 aliphatic rings. The standard InChI is InChI=1S/C16H24BrNO2/c1-4-8-18-15(16-11(2)7-9-20-16)13-10-12(17)5-6-14(13)19-3/h5-6,10-11,15-16,18H,4,7-9H2,1-3H3. The molecule has 0 amide bonds. The number of benzene rings is 1. The van der Waals surface area contributed by atoms with E-state index in [1.54, 1.807) is 7.11 Å². The van der Waals surface area contributed by atoms with Crippen LogP contribution in [0.3, 0.4) is 0 Å². The van der Waals surface area contributed by atoms with Crippen molar-refractivity contribution in [1.82, 2.24) is 5.32 Å². The smallest absolute Gasteiger partial charge is 0.123 e. The quantitative estimate of drug-likeness (QED) is 0.850. The largest absolute Gasteiger partial charge is 0.496 e. The van der Waals surface area contributed by atoms with Crippen LogP contribution in [0.5, 0.6) is 5.75 Å². The summed E-state index contributed by atoms with van der Waals surface area (Å²) in [6.07, 6.45) is 2.45. The first kappa shape index (κ1) is 15.8. The molecule has 1 aromatic carbocycles. The molecule has 4 heteroatoms. The zero-order chi connectivity index (χ0) is 14.5. The number of hydrogen-bond donors (Lipinski definition) is 1. The second-order valence-electron chi connectivity index (χ2n) is 5.42. The van der Waals surface area contributed by atoms with Crippen LogP contribution in [0.2, 0.25) is 0 Å². The predicted octanol–water partition coefficient (Wildman–Crippen LogP) is 3.92. The van der Waals surface area contributed by atoms with Gasteiger partial charge in [-0.1, -0.05) is 29.8 Å². The molecule has 0 spiro atoms. The van der Waals surface area contributed by atoms with Gasteiger partial charge in [-0.3, -0.25) is 0 Å². The summed E-state index contributed by atoms with van der Waals surface area (Å²) >= 11 is 3.56. The molecule has 0 saturated carbocycles. The molecular formula is C16H24BrNO2. The maximum Gasteiger partial charge on any atom is 0.123 e. The summed E-state index contributed by atoms with van der Waals surface area (Å²) in [6, 6.07) is 6.35. The van der Waals surface area contributed by atoms with E-state index in [0.29, 0.717) is 5.92 Å². The molecular weight excluding hydrogens is 318 g/mol. The molecule has 0 aromatic heterocycles. The minimum Gasteiger partial charge on any atom is -0.496 e. The molecule has 20 heavy (non-hydrogen) atoms. The fraction of sp³-hybridized carbons (Fsp3) is 0.625. The van der Waals surface area contributed by atoms with Crippen molar-refractivity contribution in [3.63, 3.8) is 0 Å². The molecule has 0 aliphatic carbocycles. The van der Waals surface area contributed by atoms with E-state index in [9.17, 15) is 0 Å². The van der Waals surface area contributed by atoms with E-state index in [1.807, 2.05) is 12.1 Å². The van der Waals surface area contributed by atoms with Crippen LogP contribution < -0.4 is 10.1 Å². The molecule has 1 N–H and O–H groups in total. The number of hydrogen-bond acceptors (Lipinski definition) is 3. The zero-order valence-corrected chi connectivity index (χ0v) is 14.1. The third-order valence-electron chi connectivity index (χ3n) is 3.91. The molecule has 0 radical (unpaired) electrons. The first-order valence-corrected chi connectivity index (χ1v) is 8.15. The Morgan fingerprint density at radius 1 is 1.50 bits per heavy atom. The highest BCUT2D eigenvalue weighted by atomic mass is 79.9. The van der Waals surface area contributed by atoms with E-state index >= 15 is 0 Å². The average Bonchev–Trinajstić information content (AvgIpc) is 2.86. The SMILES string of the molecule is CCCNC(c1cc(Br)ccc1OC)C1OCCC1C. The summed E-state index contributed by atoms with van der Waals surface area (Å²) in [5.74, 6) is 1.48. The number of nitrogens with one attached hydrogen (secondary N) is 1. The van der Waals surface area contributed by atoms with Gasteiger partial charge in [-0.25, -0.2) is 0 Å². The van der Waals surface area contributed by atoms with Crippen LogP contribution >= 0.6 is 15.9 Å². The van der Waals surface area contributed by atoms with Crippen LogP contribution in [0.15, 0.2) is 22.7 Å². The fourth-order valence-corrected chi connectivity index (χ4v) is 3.17. The lowest BCUT2D eigenvalue weighted by Gasteiger charge is -2.29. The Kier molecular flexibility index (Phi) is 5.87. The summed E-state index contributed by atoms with van der Waals surface area (Å²) in [6.45, 7) is 6.28. The van der Waals surface area contributed by atoms with Crippen LogP contribution in [0.25, 0.3) is 0 Å². The van der Waals surface area contributed by atoms with E-state index in [-0.39, 0.29) is 12.1 Å². The van der Waals surface area contributed by atoms with Crippen molar-refractivity contribution in [3.8, 4) is 5.75 Å². The van der Waals surface area contributed by atoms with Crippen LogP contribution in [-0.4, -0.2) is 26.4 Å². The fourth-order valence-electron chi connectivity index (χ4n) is 2.79. The highest BCUT2D eigenvalue weighted by molar-refractivity contribution is 9.10. The molecule has 3 nitrogen and oxygen atoms in total. The summed E-state index contributed by atoms with van der Waals surface area (Å²) < 4.78 is 12.6. The Morgan fingerprint density at radius 2 is 2.30 bits per heavy atom. The topological polar surface area (TPSA) is 30.5 Å². The van der Waals surface area contributed by atoms with E-state index in [1.165, 1.54) is 5.56 Å². The van der Waals surface area contributed by atoms with Crippen molar-refractivity contribution in [2.45, 2.75) is 38.8 Å². The van der Waals surface area contributed by atoms with Crippen molar-refractivity contribution in [2.75, 3.05) is 20.3 Å². The second-order valence-corrected chi connectivity index (χ2v) is 6.34. The van der Waals surface area contributed by atoms with E-state index in [2.05, 4.69) is 41.2 Å². The number of methoxy groups -OCH3 is 1. The highest BCUT2D eigenvalue weighted by Gasteiger charge is 2.34. The van der Waals surface area contributed by atoms with Crippen LogP contribution in [0.4, 0.5) is 0 Å². The number of ether oxygens (including phenoxy) is 2. The number of rotatable bonds is 6. The Bertz CT molecular complexity index is 438. The molecule has 1 fully saturated rings. The summed E-state index contributed by atoms with van der Waals surface area (Å²) in [4.78, 5) is 0. The van der Waals surface area contributed by atoms with Crippen molar-refractivity contribution < 1.29 is 9.47 Å². The predicted molar refractivity (Wildman–Crippen MR) is 85.2 cm³/mol. The first-order chi connectivity index (χ1) is 9.67. The van der Waals surface area contributed by atoms with Crippen molar-refractivity contribution >= 4 is 15.9 Å². The molecule has 0 bridgehead atoms. The molecule has 3 unspecified atom stereocenters. The van der Waals surface area contributed by atoms with Gasteiger partial charge >= 0.3 is 0 Å². The Balaban J connectivity index is 2.32. The molecule has 112 valence electrons. The molecule has 1 aliphatic heterocycles. The van der Waals surface area contributed by atoms with Gasteiger partial charge in [0, 0.05) is 16.6 Å². The first-order valence-electron chi connectivity index (χ1n) is 7.35. The lowest BCUT2D eigenvalue weighted by atomic mass is 9.92. The molecule has 1 aromatic rings. The molecule has 3 atom stereocenters. The van der Waals surface area contributed by atoms with Gasteiger partial charge in [0.15, 0.2) is 0 Å².